The van der Waals surface area contributed by atoms with E-state index >= 15 is 0 Å². The number of H-pyrrole nitrogens is 1. The fraction of sp³-hybridized carbons (Fsp3) is 0.643. The molecule has 6 nitrogen and oxygen atoms in total. The Morgan fingerprint density at radius 3 is 2.70 bits per heavy atom. The molecule has 0 radical (unpaired) electrons. The van der Waals surface area contributed by atoms with Crippen LogP contribution in [0.25, 0.3) is 0 Å². The predicted octanol–water partition coefficient (Wildman–Crippen LogP) is 0.952. The molecule has 20 heavy (non-hydrogen) atoms. The summed E-state index contributed by atoms with van der Waals surface area (Å²) >= 11 is 0. The molecule has 6 heteroatoms. The molecule has 2 rings (SSSR count). The Balaban J connectivity index is 2.23. The summed E-state index contributed by atoms with van der Waals surface area (Å²) in [7, 11) is 3.46. The number of likely N-dealkylation sites (N-methyl/N-ethyl adjacent to an activating group) is 1. The fourth-order valence-corrected chi connectivity index (χ4v) is 2.02. The molecule has 0 saturated heterocycles. The summed E-state index contributed by atoms with van der Waals surface area (Å²) in [6, 6.07) is 1.48. The van der Waals surface area contributed by atoms with Gasteiger partial charge in [-0.2, -0.15) is 0 Å². The van der Waals surface area contributed by atoms with E-state index < -0.39 is 0 Å². The average molecular weight is 278 g/mol. The zero-order valence-electron chi connectivity index (χ0n) is 12.3. The van der Waals surface area contributed by atoms with Crippen molar-refractivity contribution in [3.63, 3.8) is 0 Å². The van der Waals surface area contributed by atoms with Crippen molar-refractivity contribution < 1.29 is 4.79 Å². The standard InChI is InChI=1S/C14H22N4O2/c1-4-7-18(9-13(20)17(2)3)11-8-12(19)16-14(15-11)10-5-6-10/h8,10H,4-7,9H2,1-3H3,(H,15,16,19). The van der Waals surface area contributed by atoms with Crippen LogP contribution >= 0.6 is 0 Å². The summed E-state index contributed by atoms with van der Waals surface area (Å²) in [4.78, 5) is 34.4. The number of hydrogen-bond donors (Lipinski definition) is 1. The molecule has 1 heterocycles. The number of nitrogens with zero attached hydrogens (tertiary/aromatic N) is 3. The van der Waals surface area contributed by atoms with Crippen LogP contribution in [0.2, 0.25) is 0 Å². The lowest BCUT2D eigenvalue weighted by Gasteiger charge is -2.24. The Hall–Kier alpha value is -1.85. The number of rotatable bonds is 6. The number of amides is 1. The zero-order chi connectivity index (χ0) is 14.7. The molecular formula is C14H22N4O2. The van der Waals surface area contributed by atoms with Crippen LogP contribution in [0.1, 0.15) is 37.9 Å². The Bertz CT molecular complexity index is 534. The maximum atomic E-state index is 11.9. The minimum Gasteiger partial charge on any atom is -0.347 e. The van der Waals surface area contributed by atoms with Crippen molar-refractivity contribution in [3.05, 3.63) is 22.2 Å². The van der Waals surface area contributed by atoms with Gasteiger partial charge in [-0.1, -0.05) is 6.92 Å². The van der Waals surface area contributed by atoms with E-state index in [0.717, 1.165) is 25.1 Å². The Labute approximate surface area is 118 Å². The quantitative estimate of drug-likeness (QED) is 0.841. The molecule has 110 valence electrons. The summed E-state index contributed by atoms with van der Waals surface area (Å²) in [6.07, 6.45) is 3.06. The molecule has 1 aromatic heterocycles. The fourth-order valence-electron chi connectivity index (χ4n) is 2.02. The molecule has 1 saturated carbocycles. The van der Waals surface area contributed by atoms with E-state index in [2.05, 4.69) is 9.97 Å². The highest BCUT2D eigenvalue weighted by molar-refractivity contribution is 5.80. The monoisotopic (exact) mass is 278 g/mol. The van der Waals surface area contributed by atoms with E-state index in [0.29, 0.717) is 18.3 Å². The predicted molar refractivity (Wildman–Crippen MR) is 78.0 cm³/mol. The maximum absolute atomic E-state index is 11.9. The van der Waals surface area contributed by atoms with Gasteiger partial charge >= 0.3 is 0 Å². The van der Waals surface area contributed by atoms with Crippen LogP contribution in [0, 0.1) is 0 Å². The minimum absolute atomic E-state index is 0.00787. The van der Waals surface area contributed by atoms with E-state index in [1.54, 1.807) is 19.0 Å². The molecule has 0 atom stereocenters. The molecule has 0 aliphatic heterocycles. The molecule has 0 unspecified atom stereocenters. The van der Waals surface area contributed by atoms with Gasteiger partial charge in [0.15, 0.2) is 0 Å². The van der Waals surface area contributed by atoms with Crippen molar-refractivity contribution in [2.75, 3.05) is 32.1 Å². The molecule has 0 aromatic carbocycles. The van der Waals surface area contributed by atoms with E-state index in [9.17, 15) is 9.59 Å². The van der Waals surface area contributed by atoms with E-state index in [4.69, 9.17) is 0 Å². The van der Waals surface area contributed by atoms with Crippen LogP contribution in [-0.4, -0.2) is 48.0 Å². The van der Waals surface area contributed by atoms with Crippen LogP contribution in [-0.2, 0) is 4.79 Å². The van der Waals surface area contributed by atoms with Crippen LogP contribution < -0.4 is 10.5 Å². The van der Waals surface area contributed by atoms with Crippen molar-refractivity contribution in [2.45, 2.75) is 32.1 Å². The third-order valence-electron chi connectivity index (χ3n) is 3.35. The number of carbonyl (C=O) groups excluding carboxylic acids is 1. The van der Waals surface area contributed by atoms with Gasteiger partial charge in [0.25, 0.3) is 5.56 Å². The van der Waals surface area contributed by atoms with Crippen LogP contribution in [0.15, 0.2) is 10.9 Å². The second-order valence-electron chi connectivity index (χ2n) is 5.47. The van der Waals surface area contributed by atoms with Crippen molar-refractivity contribution in [2.24, 2.45) is 0 Å². The van der Waals surface area contributed by atoms with E-state index in [1.807, 2.05) is 11.8 Å². The maximum Gasteiger partial charge on any atom is 0.252 e. The lowest BCUT2D eigenvalue weighted by atomic mass is 10.3. The van der Waals surface area contributed by atoms with Gasteiger partial charge in [0.2, 0.25) is 5.91 Å². The molecule has 1 fully saturated rings. The Morgan fingerprint density at radius 2 is 2.15 bits per heavy atom. The molecular weight excluding hydrogens is 256 g/mol. The normalized spacial score (nSPS) is 14.2. The molecule has 0 spiro atoms. The molecule has 1 aromatic rings. The molecule has 1 aliphatic rings. The second kappa shape index (κ2) is 6.07. The van der Waals surface area contributed by atoms with Gasteiger partial charge in [0.05, 0.1) is 6.54 Å². The van der Waals surface area contributed by atoms with Crippen LogP contribution in [0.3, 0.4) is 0 Å². The van der Waals surface area contributed by atoms with Crippen molar-refractivity contribution >= 4 is 11.7 Å². The highest BCUT2D eigenvalue weighted by Gasteiger charge is 2.27. The minimum atomic E-state index is -0.143. The average Bonchev–Trinajstić information content (AvgIpc) is 3.21. The number of nitrogens with one attached hydrogen (secondary N) is 1. The van der Waals surface area contributed by atoms with Gasteiger partial charge in [-0.15, -0.1) is 0 Å². The Kier molecular flexibility index (Phi) is 4.42. The first kappa shape index (κ1) is 14.6. The highest BCUT2D eigenvalue weighted by atomic mass is 16.2. The van der Waals surface area contributed by atoms with E-state index in [-0.39, 0.29) is 18.0 Å². The summed E-state index contributed by atoms with van der Waals surface area (Å²) in [5, 5.41) is 0. The van der Waals surface area contributed by atoms with Gasteiger partial charge in [0.1, 0.15) is 11.6 Å². The molecule has 1 aliphatic carbocycles. The van der Waals surface area contributed by atoms with Gasteiger partial charge in [-0.05, 0) is 19.3 Å². The first-order valence-electron chi connectivity index (χ1n) is 7.07. The third kappa shape index (κ3) is 3.59. The molecule has 1 N–H and O–H groups in total. The second-order valence-corrected chi connectivity index (χ2v) is 5.47. The van der Waals surface area contributed by atoms with Gasteiger partial charge in [0, 0.05) is 32.6 Å². The van der Waals surface area contributed by atoms with Crippen LogP contribution in [0.5, 0.6) is 0 Å². The summed E-state index contributed by atoms with van der Waals surface area (Å²) in [5.74, 6) is 1.75. The molecule has 1 amide bonds. The Morgan fingerprint density at radius 1 is 1.45 bits per heavy atom. The highest BCUT2D eigenvalue weighted by Crippen LogP contribution is 2.37. The van der Waals surface area contributed by atoms with E-state index in [1.165, 1.54) is 6.07 Å². The van der Waals surface area contributed by atoms with Crippen molar-refractivity contribution in [1.82, 2.24) is 14.9 Å². The largest absolute Gasteiger partial charge is 0.347 e. The summed E-state index contributed by atoms with van der Waals surface area (Å²) < 4.78 is 0. The lowest BCUT2D eigenvalue weighted by Crippen LogP contribution is -2.38. The van der Waals surface area contributed by atoms with Gasteiger partial charge in [-0.25, -0.2) is 4.98 Å². The summed E-state index contributed by atoms with van der Waals surface area (Å²) in [6.45, 7) is 3.00. The zero-order valence-corrected chi connectivity index (χ0v) is 12.3. The SMILES string of the molecule is CCCN(CC(=O)N(C)C)c1cc(=O)[nH]c(C2CC2)n1. The smallest absolute Gasteiger partial charge is 0.252 e. The topological polar surface area (TPSA) is 69.3 Å². The molecule has 0 bridgehead atoms. The first-order valence-corrected chi connectivity index (χ1v) is 7.07. The lowest BCUT2D eigenvalue weighted by molar-refractivity contribution is -0.127. The first-order chi connectivity index (χ1) is 9.51. The number of hydrogen-bond acceptors (Lipinski definition) is 4. The number of carbonyl (C=O) groups is 1. The van der Waals surface area contributed by atoms with Crippen LogP contribution in [0.4, 0.5) is 5.82 Å². The third-order valence-corrected chi connectivity index (χ3v) is 3.35. The number of aromatic nitrogens is 2. The summed E-state index contributed by atoms with van der Waals surface area (Å²) in [5.41, 5.74) is -0.143. The number of anilines is 1. The van der Waals surface area contributed by atoms with Gasteiger partial charge in [-0.3, -0.25) is 9.59 Å². The van der Waals surface area contributed by atoms with Crippen molar-refractivity contribution in [3.8, 4) is 0 Å². The number of aromatic amines is 1. The van der Waals surface area contributed by atoms with Crippen molar-refractivity contribution in [1.29, 1.82) is 0 Å². The van der Waals surface area contributed by atoms with Gasteiger partial charge < -0.3 is 14.8 Å².